The lowest BCUT2D eigenvalue weighted by Crippen LogP contribution is -2.32. The summed E-state index contributed by atoms with van der Waals surface area (Å²) in [4.78, 5) is 21.0. The molecule has 2 N–H and O–H groups in total. The monoisotopic (exact) mass is 478 g/mol. The molecule has 0 saturated heterocycles. The fourth-order valence-electron chi connectivity index (χ4n) is 4.01. The van der Waals surface area contributed by atoms with Crippen molar-refractivity contribution in [2.45, 2.75) is 32.0 Å². The van der Waals surface area contributed by atoms with Gasteiger partial charge in [0.15, 0.2) is 0 Å². The van der Waals surface area contributed by atoms with Gasteiger partial charge in [0.1, 0.15) is 11.5 Å². The molecule has 2 aromatic carbocycles. The molecule has 4 aromatic rings. The van der Waals surface area contributed by atoms with Crippen molar-refractivity contribution < 1.29 is 14.6 Å². The van der Waals surface area contributed by atoms with Crippen molar-refractivity contribution in [2.75, 3.05) is 13.7 Å². The van der Waals surface area contributed by atoms with Gasteiger partial charge in [-0.05, 0) is 60.9 Å². The first-order valence-electron chi connectivity index (χ1n) is 11.1. The van der Waals surface area contributed by atoms with Crippen LogP contribution in [-0.2, 0) is 17.7 Å². The molecule has 2 aromatic heterocycles. The third-order valence-corrected chi connectivity index (χ3v) is 5.95. The maximum Gasteiger partial charge on any atom is 0.354 e. The van der Waals surface area contributed by atoms with Crippen LogP contribution in [0.5, 0.6) is 0 Å². The van der Waals surface area contributed by atoms with Crippen molar-refractivity contribution in [1.82, 2.24) is 19.9 Å². The molecule has 7 nitrogen and oxygen atoms in total. The number of hydrogen-bond acceptors (Lipinski definition) is 6. The molecule has 0 bridgehead atoms. The fraction of sp³-hybridized carbons (Fsp3) is 0.269. The molecule has 2 heterocycles. The van der Waals surface area contributed by atoms with Crippen LogP contribution in [0.15, 0.2) is 67.0 Å². The number of rotatable bonds is 9. The highest BCUT2D eigenvalue weighted by Crippen LogP contribution is 2.24. The molecular formula is C26H27ClN4O3. The minimum absolute atomic E-state index is 0.131. The first kappa shape index (κ1) is 23.9. The van der Waals surface area contributed by atoms with E-state index in [1.807, 2.05) is 28.8 Å². The average molecular weight is 479 g/mol. The number of ether oxygens (including phenoxy) is 1. The number of hydrogen-bond donors (Lipinski definition) is 2. The van der Waals surface area contributed by atoms with E-state index in [4.69, 9.17) is 16.3 Å². The maximum absolute atomic E-state index is 12.4. The number of halogens is 1. The fourth-order valence-corrected chi connectivity index (χ4v) is 4.21. The van der Waals surface area contributed by atoms with Crippen LogP contribution < -0.4 is 5.32 Å². The largest absolute Gasteiger partial charge is 0.464 e. The molecule has 2 unspecified atom stereocenters. The molecule has 4 rings (SSSR count). The number of aromatic nitrogens is 3. The van der Waals surface area contributed by atoms with E-state index in [9.17, 15) is 9.90 Å². The molecule has 0 amide bonds. The van der Waals surface area contributed by atoms with E-state index in [-0.39, 0.29) is 6.04 Å². The van der Waals surface area contributed by atoms with Gasteiger partial charge in [-0.15, -0.1) is 0 Å². The van der Waals surface area contributed by atoms with Gasteiger partial charge in [0.2, 0.25) is 0 Å². The number of carbonyl (C=O) groups excluding carboxylic acids is 1. The number of aliphatic hydroxyl groups excluding tert-OH is 1. The van der Waals surface area contributed by atoms with Crippen molar-refractivity contribution in [3.8, 4) is 0 Å². The molecule has 8 heteroatoms. The standard InChI is InChI=1S/C26H27ClN4O3/c1-17(30-15-24(32)19-5-3-6-21(27)13-19)11-18-7-8-22-20(12-18)14-23(26(33)34-2)31(22)16-25-28-9-4-10-29-25/h3-10,12-14,17,24,30,32H,11,15-16H2,1-2H3. The van der Waals surface area contributed by atoms with Crippen LogP contribution in [0, 0.1) is 0 Å². The first-order chi connectivity index (χ1) is 16.4. The number of nitrogens with zero attached hydrogens (tertiary/aromatic N) is 3. The van der Waals surface area contributed by atoms with E-state index >= 15 is 0 Å². The van der Waals surface area contributed by atoms with Gasteiger partial charge >= 0.3 is 5.97 Å². The van der Waals surface area contributed by atoms with Crippen LogP contribution in [0.2, 0.25) is 5.02 Å². The van der Waals surface area contributed by atoms with Gasteiger partial charge in [0, 0.05) is 40.9 Å². The van der Waals surface area contributed by atoms with Crippen LogP contribution >= 0.6 is 11.6 Å². The van der Waals surface area contributed by atoms with Crippen LogP contribution in [0.1, 0.15) is 40.5 Å². The van der Waals surface area contributed by atoms with Crippen LogP contribution in [0.3, 0.4) is 0 Å². The van der Waals surface area contributed by atoms with Gasteiger partial charge in [-0.25, -0.2) is 14.8 Å². The Morgan fingerprint density at radius 1 is 1.15 bits per heavy atom. The summed E-state index contributed by atoms with van der Waals surface area (Å²) < 4.78 is 6.87. The van der Waals surface area contributed by atoms with Crippen molar-refractivity contribution in [3.63, 3.8) is 0 Å². The quantitative estimate of drug-likeness (QED) is 0.351. The van der Waals surface area contributed by atoms with Crippen molar-refractivity contribution >= 4 is 28.5 Å². The summed E-state index contributed by atoms with van der Waals surface area (Å²) >= 11 is 6.02. The third kappa shape index (κ3) is 5.62. The number of fused-ring (bicyclic) bond motifs is 1. The predicted octanol–water partition coefficient (Wildman–Crippen LogP) is 4.17. The van der Waals surface area contributed by atoms with Gasteiger partial charge in [-0.3, -0.25) is 0 Å². The van der Waals surface area contributed by atoms with E-state index in [1.165, 1.54) is 7.11 Å². The van der Waals surface area contributed by atoms with Crippen LogP contribution in [0.4, 0.5) is 0 Å². The maximum atomic E-state index is 12.4. The lowest BCUT2D eigenvalue weighted by molar-refractivity contribution is 0.0589. The molecule has 0 radical (unpaired) electrons. The molecule has 2 atom stereocenters. The average Bonchev–Trinajstić information content (AvgIpc) is 3.20. The number of esters is 1. The van der Waals surface area contributed by atoms with E-state index in [0.29, 0.717) is 29.6 Å². The van der Waals surface area contributed by atoms with Gasteiger partial charge in [-0.2, -0.15) is 0 Å². The summed E-state index contributed by atoms with van der Waals surface area (Å²) in [6.45, 7) is 2.86. The Morgan fingerprint density at radius 2 is 1.94 bits per heavy atom. The molecule has 176 valence electrons. The molecule has 0 aliphatic carbocycles. The van der Waals surface area contributed by atoms with Gasteiger partial charge < -0.3 is 19.7 Å². The third-order valence-electron chi connectivity index (χ3n) is 5.71. The number of carbonyl (C=O) groups is 1. The lowest BCUT2D eigenvalue weighted by Gasteiger charge is -2.18. The highest BCUT2D eigenvalue weighted by molar-refractivity contribution is 6.30. The minimum atomic E-state index is -0.638. The number of methoxy groups -OCH3 is 1. The van der Waals surface area contributed by atoms with E-state index in [0.717, 1.165) is 28.5 Å². The predicted molar refractivity (Wildman–Crippen MR) is 132 cm³/mol. The molecule has 0 aliphatic heterocycles. The summed E-state index contributed by atoms with van der Waals surface area (Å²) in [5, 5.41) is 15.4. The molecule has 0 fully saturated rings. The molecule has 0 aliphatic rings. The van der Waals surface area contributed by atoms with Gasteiger partial charge in [0.05, 0.1) is 19.8 Å². The highest BCUT2D eigenvalue weighted by Gasteiger charge is 2.18. The summed E-state index contributed by atoms with van der Waals surface area (Å²) in [7, 11) is 1.37. The molecule has 34 heavy (non-hydrogen) atoms. The zero-order chi connectivity index (χ0) is 24.1. The van der Waals surface area contributed by atoms with Gasteiger partial charge in [-0.1, -0.05) is 29.8 Å². The van der Waals surface area contributed by atoms with Crippen LogP contribution in [-0.4, -0.2) is 45.3 Å². The topological polar surface area (TPSA) is 89.3 Å². The summed E-state index contributed by atoms with van der Waals surface area (Å²) in [6, 6.07) is 17.1. The lowest BCUT2D eigenvalue weighted by atomic mass is 10.0. The SMILES string of the molecule is COC(=O)c1cc2cc(CC(C)NCC(O)c3cccc(Cl)c3)ccc2n1Cc1ncccn1. The Balaban J connectivity index is 1.48. The Hall–Kier alpha value is -3.26. The number of nitrogens with one attached hydrogen (secondary N) is 1. The van der Waals surface area contributed by atoms with E-state index in [1.54, 1.807) is 30.6 Å². The summed E-state index contributed by atoms with van der Waals surface area (Å²) in [5.41, 5.74) is 3.27. The molecule has 0 spiro atoms. The van der Waals surface area contributed by atoms with Gasteiger partial charge in [0.25, 0.3) is 0 Å². The Labute approximate surface area is 203 Å². The van der Waals surface area contributed by atoms with E-state index in [2.05, 4.69) is 34.3 Å². The normalized spacial score (nSPS) is 13.1. The highest BCUT2D eigenvalue weighted by atomic mass is 35.5. The zero-order valence-electron chi connectivity index (χ0n) is 19.1. The summed E-state index contributed by atoms with van der Waals surface area (Å²) in [5.74, 6) is 0.212. The van der Waals surface area contributed by atoms with Crippen molar-refractivity contribution in [2.24, 2.45) is 0 Å². The first-order valence-corrected chi connectivity index (χ1v) is 11.5. The van der Waals surface area contributed by atoms with Crippen molar-refractivity contribution in [3.05, 3.63) is 94.7 Å². The number of benzene rings is 2. The number of aliphatic hydroxyl groups is 1. The zero-order valence-corrected chi connectivity index (χ0v) is 19.9. The summed E-state index contributed by atoms with van der Waals surface area (Å²) in [6.07, 6.45) is 3.49. The second-order valence-corrected chi connectivity index (χ2v) is 8.69. The second kappa shape index (κ2) is 10.8. The Bertz CT molecular complexity index is 1280. The Kier molecular flexibility index (Phi) is 7.57. The van der Waals surface area contributed by atoms with E-state index < -0.39 is 12.1 Å². The molecule has 0 saturated carbocycles. The molecular weight excluding hydrogens is 452 g/mol. The van der Waals surface area contributed by atoms with Crippen molar-refractivity contribution in [1.29, 1.82) is 0 Å². The Morgan fingerprint density at radius 3 is 2.68 bits per heavy atom. The smallest absolute Gasteiger partial charge is 0.354 e. The second-order valence-electron chi connectivity index (χ2n) is 8.25. The minimum Gasteiger partial charge on any atom is -0.464 e. The van der Waals surface area contributed by atoms with Crippen LogP contribution in [0.25, 0.3) is 10.9 Å².